The number of thiophene rings is 1. The Hall–Kier alpha value is -1.80. The van der Waals surface area contributed by atoms with Crippen LogP contribution in [0.1, 0.15) is 16.0 Å². The third-order valence-corrected chi connectivity index (χ3v) is 3.87. The van der Waals surface area contributed by atoms with Gasteiger partial charge in [0.1, 0.15) is 5.75 Å². The van der Waals surface area contributed by atoms with Gasteiger partial charge < -0.3 is 15.2 Å². The largest absolute Gasteiger partial charge is 0.495 e. The first-order valence-corrected chi connectivity index (χ1v) is 7.67. The van der Waals surface area contributed by atoms with Crippen LogP contribution in [0.2, 0.25) is 0 Å². The summed E-state index contributed by atoms with van der Waals surface area (Å²) in [5, 5.41) is 2.08. The average Bonchev–Trinajstić information content (AvgIpc) is 3.03. The van der Waals surface area contributed by atoms with Crippen LogP contribution < -0.4 is 10.5 Å². The van der Waals surface area contributed by atoms with Gasteiger partial charge in [0.15, 0.2) is 0 Å². The Balaban J connectivity index is 1.90. The summed E-state index contributed by atoms with van der Waals surface area (Å²) in [4.78, 5) is 1.35. The number of hydrogen-bond acceptors (Lipinski definition) is 4. The lowest BCUT2D eigenvalue weighted by Crippen LogP contribution is -1.99. The van der Waals surface area contributed by atoms with Crippen LogP contribution in [0.4, 0.5) is 0 Å². The van der Waals surface area contributed by atoms with Crippen molar-refractivity contribution < 1.29 is 9.47 Å². The second-order valence-electron chi connectivity index (χ2n) is 4.42. The third-order valence-electron chi connectivity index (χ3n) is 2.93. The highest BCUT2D eigenvalue weighted by molar-refractivity contribution is 7.09. The summed E-state index contributed by atoms with van der Waals surface area (Å²) >= 11 is 1.76. The molecule has 0 bridgehead atoms. The molecule has 0 saturated heterocycles. The second-order valence-corrected chi connectivity index (χ2v) is 5.45. The topological polar surface area (TPSA) is 44.5 Å². The smallest absolute Gasteiger partial charge is 0.134 e. The van der Waals surface area contributed by atoms with E-state index in [1.807, 2.05) is 18.2 Å². The van der Waals surface area contributed by atoms with E-state index in [-0.39, 0.29) is 0 Å². The van der Waals surface area contributed by atoms with Crippen molar-refractivity contribution in [3.63, 3.8) is 0 Å². The van der Waals surface area contributed by atoms with Crippen molar-refractivity contribution in [2.75, 3.05) is 20.3 Å². The zero-order valence-electron chi connectivity index (χ0n) is 12.1. The number of rotatable bonds is 6. The fourth-order valence-electron chi connectivity index (χ4n) is 1.91. The van der Waals surface area contributed by atoms with Gasteiger partial charge in [0.2, 0.25) is 0 Å². The van der Waals surface area contributed by atoms with Crippen molar-refractivity contribution in [1.29, 1.82) is 0 Å². The molecule has 0 aliphatic heterocycles. The summed E-state index contributed by atoms with van der Waals surface area (Å²) in [6.07, 6.45) is 0.952. The third kappa shape index (κ3) is 4.91. The highest BCUT2D eigenvalue weighted by Crippen LogP contribution is 2.19. The molecule has 3 nitrogen and oxygen atoms in total. The molecule has 2 rings (SSSR count). The molecule has 110 valence electrons. The highest BCUT2D eigenvalue weighted by atomic mass is 32.1. The van der Waals surface area contributed by atoms with Crippen LogP contribution in [0, 0.1) is 11.8 Å². The molecule has 1 aromatic carbocycles. The lowest BCUT2D eigenvalue weighted by Gasteiger charge is -2.07. The van der Waals surface area contributed by atoms with Gasteiger partial charge in [0.25, 0.3) is 0 Å². The van der Waals surface area contributed by atoms with Gasteiger partial charge >= 0.3 is 0 Å². The number of benzene rings is 1. The maximum atomic E-state index is 5.72. The molecular formula is C17H19NO2S. The highest BCUT2D eigenvalue weighted by Gasteiger charge is 2.03. The molecule has 0 spiro atoms. The van der Waals surface area contributed by atoms with Crippen LogP contribution in [-0.2, 0) is 17.8 Å². The van der Waals surface area contributed by atoms with E-state index in [9.17, 15) is 0 Å². The van der Waals surface area contributed by atoms with E-state index >= 15 is 0 Å². The normalized spacial score (nSPS) is 10.0. The van der Waals surface area contributed by atoms with Crippen LogP contribution in [0.3, 0.4) is 0 Å². The van der Waals surface area contributed by atoms with Crippen LogP contribution in [0.25, 0.3) is 0 Å². The summed E-state index contributed by atoms with van der Waals surface area (Å²) in [5.41, 5.74) is 7.35. The summed E-state index contributed by atoms with van der Waals surface area (Å²) < 4.78 is 11.0. The molecule has 0 unspecified atom stereocenters. The number of methoxy groups -OCH3 is 1. The van der Waals surface area contributed by atoms with Gasteiger partial charge in [-0.1, -0.05) is 24.0 Å². The molecule has 2 N–H and O–H groups in total. The van der Waals surface area contributed by atoms with E-state index in [0.717, 1.165) is 29.9 Å². The molecule has 0 fully saturated rings. The summed E-state index contributed by atoms with van der Waals surface area (Å²) in [5.74, 6) is 6.64. The minimum atomic E-state index is 0.338. The predicted octanol–water partition coefficient (Wildman–Crippen LogP) is 2.83. The van der Waals surface area contributed by atoms with Gasteiger partial charge in [-0.3, -0.25) is 0 Å². The minimum absolute atomic E-state index is 0.338. The molecule has 0 saturated carbocycles. The molecule has 4 heteroatoms. The van der Waals surface area contributed by atoms with Crippen molar-refractivity contribution >= 4 is 11.3 Å². The molecule has 0 amide bonds. The number of nitrogens with two attached hydrogens (primary N) is 1. The summed E-state index contributed by atoms with van der Waals surface area (Å²) in [7, 11) is 1.64. The summed E-state index contributed by atoms with van der Waals surface area (Å²) in [6, 6.07) is 10.1. The molecule has 2 aromatic rings. The molecule has 1 aromatic heterocycles. The predicted molar refractivity (Wildman–Crippen MR) is 86.6 cm³/mol. The summed E-state index contributed by atoms with van der Waals surface area (Å²) in [6.45, 7) is 1.63. The Morgan fingerprint density at radius 3 is 2.90 bits per heavy atom. The molecule has 1 heterocycles. The lowest BCUT2D eigenvalue weighted by atomic mass is 10.1. The molecular weight excluding hydrogens is 282 g/mol. The van der Waals surface area contributed by atoms with E-state index in [4.69, 9.17) is 15.2 Å². The van der Waals surface area contributed by atoms with Crippen molar-refractivity contribution in [2.24, 2.45) is 5.73 Å². The van der Waals surface area contributed by atoms with E-state index < -0.39 is 0 Å². The van der Waals surface area contributed by atoms with Crippen molar-refractivity contribution in [3.8, 4) is 17.6 Å². The molecule has 0 radical (unpaired) electrons. The minimum Gasteiger partial charge on any atom is -0.495 e. The quantitative estimate of drug-likeness (QED) is 0.659. The Labute approximate surface area is 129 Å². The Bertz CT molecular complexity index is 611. The van der Waals surface area contributed by atoms with Gasteiger partial charge in [0, 0.05) is 11.3 Å². The van der Waals surface area contributed by atoms with Crippen molar-refractivity contribution in [3.05, 3.63) is 51.7 Å². The van der Waals surface area contributed by atoms with Crippen LogP contribution >= 0.6 is 11.3 Å². The monoisotopic (exact) mass is 301 g/mol. The second kappa shape index (κ2) is 8.48. The molecule has 0 atom stereocenters. The Morgan fingerprint density at radius 1 is 1.29 bits per heavy atom. The van der Waals surface area contributed by atoms with Crippen LogP contribution in [-0.4, -0.2) is 20.3 Å². The van der Waals surface area contributed by atoms with Gasteiger partial charge in [0.05, 0.1) is 32.4 Å². The number of ether oxygens (including phenoxy) is 2. The maximum Gasteiger partial charge on any atom is 0.134 e. The standard InChI is InChI=1S/C17H19NO2S/c1-19-17-7-6-14(12-15(17)4-2-9-18)13-20-10-8-16-5-3-11-21-16/h3,5-7,11-12H,8-10,13,18H2,1H3. The molecule has 21 heavy (non-hydrogen) atoms. The fourth-order valence-corrected chi connectivity index (χ4v) is 2.60. The van der Waals surface area contributed by atoms with E-state index in [1.54, 1.807) is 18.4 Å². The van der Waals surface area contributed by atoms with E-state index in [1.165, 1.54) is 4.88 Å². The van der Waals surface area contributed by atoms with Gasteiger partial charge in [-0.2, -0.15) is 0 Å². The lowest BCUT2D eigenvalue weighted by molar-refractivity contribution is 0.124. The zero-order chi connectivity index (χ0) is 14.9. The Kier molecular flexibility index (Phi) is 6.29. The molecule has 0 aliphatic carbocycles. The van der Waals surface area contributed by atoms with Gasteiger partial charge in [-0.05, 0) is 29.1 Å². The number of hydrogen-bond donors (Lipinski definition) is 1. The van der Waals surface area contributed by atoms with Crippen molar-refractivity contribution in [2.45, 2.75) is 13.0 Å². The molecule has 0 aliphatic rings. The van der Waals surface area contributed by atoms with Crippen LogP contribution in [0.5, 0.6) is 5.75 Å². The zero-order valence-corrected chi connectivity index (χ0v) is 12.9. The SMILES string of the molecule is COc1ccc(COCCc2cccs2)cc1C#CCN. The maximum absolute atomic E-state index is 5.72. The first-order chi connectivity index (χ1) is 10.3. The Morgan fingerprint density at radius 2 is 2.19 bits per heavy atom. The van der Waals surface area contributed by atoms with Crippen molar-refractivity contribution in [1.82, 2.24) is 0 Å². The first-order valence-electron chi connectivity index (χ1n) is 6.79. The first kappa shape index (κ1) is 15.6. The van der Waals surface area contributed by atoms with E-state index in [2.05, 4.69) is 29.4 Å². The van der Waals surface area contributed by atoms with E-state index in [0.29, 0.717) is 13.2 Å². The van der Waals surface area contributed by atoms with Crippen LogP contribution in [0.15, 0.2) is 35.7 Å². The average molecular weight is 301 g/mol. The fraction of sp³-hybridized carbons (Fsp3) is 0.294. The van der Waals surface area contributed by atoms with Gasteiger partial charge in [-0.25, -0.2) is 0 Å². The van der Waals surface area contributed by atoms with Gasteiger partial charge in [-0.15, -0.1) is 11.3 Å².